The van der Waals surface area contributed by atoms with E-state index in [-0.39, 0.29) is 11.8 Å². The second kappa shape index (κ2) is 8.60. The van der Waals surface area contributed by atoms with E-state index in [9.17, 15) is 9.59 Å². The first-order chi connectivity index (χ1) is 16.2. The smallest absolute Gasteiger partial charge is 0.254 e. The number of hydrogen-bond acceptors (Lipinski definition) is 3. The van der Waals surface area contributed by atoms with Crippen molar-refractivity contribution in [2.75, 3.05) is 39.3 Å². The molecule has 2 aromatic carbocycles. The predicted octanol–water partition coefficient (Wildman–Crippen LogP) is 4.07. The molecule has 1 aliphatic carbocycles. The van der Waals surface area contributed by atoms with E-state index in [1.165, 1.54) is 19.4 Å². The zero-order chi connectivity index (χ0) is 22.4. The summed E-state index contributed by atoms with van der Waals surface area (Å²) in [5, 5.41) is 0. The van der Waals surface area contributed by atoms with Crippen LogP contribution in [0.15, 0.2) is 42.5 Å². The van der Waals surface area contributed by atoms with Crippen molar-refractivity contribution in [2.45, 2.75) is 44.6 Å². The van der Waals surface area contributed by atoms with Crippen LogP contribution < -0.4 is 0 Å². The third-order valence-electron chi connectivity index (χ3n) is 7.98. The topological polar surface area (TPSA) is 43.9 Å². The van der Waals surface area contributed by atoms with E-state index in [2.05, 4.69) is 21.9 Å². The molecular formula is C28H33N3O2. The molecule has 2 aromatic rings. The van der Waals surface area contributed by atoms with Crippen LogP contribution in [-0.2, 0) is 6.42 Å². The Bertz CT molecular complexity index is 1050. The Hall–Kier alpha value is -2.66. The van der Waals surface area contributed by atoms with Crippen LogP contribution in [0.2, 0.25) is 0 Å². The van der Waals surface area contributed by atoms with Crippen molar-refractivity contribution in [1.29, 1.82) is 0 Å². The molecule has 5 heteroatoms. The van der Waals surface area contributed by atoms with Crippen molar-refractivity contribution in [1.82, 2.24) is 14.7 Å². The van der Waals surface area contributed by atoms with Crippen LogP contribution in [0.3, 0.4) is 0 Å². The van der Waals surface area contributed by atoms with E-state index < -0.39 is 0 Å². The molecule has 2 amide bonds. The molecule has 0 spiro atoms. The first kappa shape index (κ1) is 20.9. The molecule has 3 aliphatic heterocycles. The van der Waals surface area contributed by atoms with E-state index in [4.69, 9.17) is 0 Å². The maximum atomic E-state index is 13.3. The van der Waals surface area contributed by atoms with Gasteiger partial charge in [0.15, 0.2) is 0 Å². The lowest BCUT2D eigenvalue weighted by molar-refractivity contribution is 0.0663. The quantitative estimate of drug-likeness (QED) is 0.700. The monoisotopic (exact) mass is 443 g/mol. The highest BCUT2D eigenvalue weighted by Crippen LogP contribution is 2.33. The highest BCUT2D eigenvalue weighted by Gasteiger charge is 2.36. The molecule has 1 saturated carbocycles. The van der Waals surface area contributed by atoms with Gasteiger partial charge in [-0.25, -0.2) is 0 Å². The first-order valence-corrected chi connectivity index (χ1v) is 12.7. The van der Waals surface area contributed by atoms with Crippen molar-refractivity contribution < 1.29 is 9.59 Å². The summed E-state index contributed by atoms with van der Waals surface area (Å²) < 4.78 is 0. The summed E-state index contributed by atoms with van der Waals surface area (Å²) in [5.41, 5.74) is 4.99. The van der Waals surface area contributed by atoms with Crippen LogP contribution in [0.1, 0.15) is 58.4 Å². The normalized spacial score (nSPS) is 23.3. The molecular weight excluding hydrogens is 410 g/mol. The molecule has 1 atom stereocenters. The molecule has 0 radical (unpaired) electrons. The van der Waals surface area contributed by atoms with Gasteiger partial charge in [0.25, 0.3) is 11.8 Å². The highest BCUT2D eigenvalue weighted by molar-refractivity contribution is 5.98. The Labute approximate surface area is 196 Å². The summed E-state index contributed by atoms with van der Waals surface area (Å²) >= 11 is 0. The van der Waals surface area contributed by atoms with Gasteiger partial charge in [0.2, 0.25) is 0 Å². The van der Waals surface area contributed by atoms with Crippen molar-refractivity contribution in [3.05, 3.63) is 59.2 Å². The van der Waals surface area contributed by atoms with Gasteiger partial charge in [-0.15, -0.1) is 0 Å². The number of amides is 2. The minimum Gasteiger partial charge on any atom is -0.339 e. The fourth-order valence-electron chi connectivity index (χ4n) is 5.84. The lowest BCUT2D eigenvalue weighted by atomic mass is 9.93. The molecule has 0 N–H and O–H groups in total. The molecule has 3 heterocycles. The van der Waals surface area contributed by atoms with E-state index in [1.807, 2.05) is 35.2 Å². The summed E-state index contributed by atoms with van der Waals surface area (Å²) in [6.45, 7) is 5.96. The lowest BCUT2D eigenvalue weighted by Gasteiger charge is -2.34. The number of rotatable bonds is 5. The third-order valence-corrected chi connectivity index (χ3v) is 7.98. The summed E-state index contributed by atoms with van der Waals surface area (Å²) in [6.07, 6.45) is 7.01. The fraction of sp³-hybridized carbons (Fsp3) is 0.500. The van der Waals surface area contributed by atoms with E-state index in [1.54, 1.807) is 0 Å². The molecule has 0 unspecified atom stereocenters. The van der Waals surface area contributed by atoms with E-state index >= 15 is 0 Å². The second-order valence-electron chi connectivity index (χ2n) is 10.3. The molecule has 0 bridgehead atoms. The van der Waals surface area contributed by atoms with Crippen LogP contribution in [0, 0.1) is 5.92 Å². The Morgan fingerprint density at radius 1 is 0.879 bits per heavy atom. The number of hydrogen-bond donors (Lipinski definition) is 0. The van der Waals surface area contributed by atoms with Crippen molar-refractivity contribution >= 4 is 11.8 Å². The standard InChI is InChI=1S/C28H33N3O2/c32-27(30-13-1-2-14-30)22-7-5-21(6-8-22)23-9-10-26-24(17-23)11-16-31(28(26)33)25-12-15-29(19-25)18-20-3-4-20/h5-10,17,20,25H,1-4,11-16,18-19H2/t25-/m0/s1. The first-order valence-electron chi connectivity index (χ1n) is 12.7. The Morgan fingerprint density at radius 3 is 2.39 bits per heavy atom. The number of carbonyl (C=O) groups is 2. The van der Waals surface area contributed by atoms with Gasteiger partial charge in [0, 0.05) is 56.4 Å². The number of fused-ring (bicyclic) bond motifs is 1. The largest absolute Gasteiger partial charge is 0.339 e. The molecule has 2 saturated heterocycles. The van der Waals surface area contributed by atoms with E-state index in [0.717, 1.165) is 92.1 Å². The van der Waals surface area contributed by atoms with Gasteiger partial charge in [-0.05, 0) is 79.3 Å². The van der Waals surface area contributed by atoms with Gasteiger partial charge < -0.3 is 14.7 Å². The van der Waals surface area contributed by atoms with Crippen LogP contribution in [0.25, 0.3) is 11.1 Å². The van der Waals surface area contributed by atoms with Gasteiger partial charge in [-0.1, -0.05) is 24.3 Å². The SMILES string of the molecule is O=C(c1ccc(-c2ccc3c(c2)CCN([C@H]2CCN(CC4CC4)C2)C3=O)cc1)N1CCCC1. The molecule has 172 valence electrons. The number of carbonyl (C=O) groups excluding carboxylic acids is 2. The number of benzene rings is 2. The average molecular weight is 444 g/mol. The van der Waals surface area contributed by atoms with Crippen LogP contribution in [0.5, 0.6) is 0 Å². The fourth-order valence-corrected chi connectivity index (χ4v) is 5.84. The van der Waals surface area contributed by atoms with Crippen molar-refractivity contribution in [3.8, 4) is 11.1 Å². The zero-order valence-electron chi connectivity index (χ0n) is 19.3. The third kappa shape index (κ3) is 4.19. The zero-order valence-corrected chi connectivity index (χ0v) is 19.3. The Kier molecular flexibility index (Phi) is 5.45. The van der Waals surface area contributed by atoms with E-state index in [0.29, 0.717) is 6.04 Å². The van der Waals surface area contributed by atoms with Crippen LogP contribution >= 0.6 is 0 Å². The second-order valence-corrected chi connectivity index (χ2v) is 10.3. The molecule has 5 nitrogen and oxygen atoms in total. The molecule has 33 heavy (non-hydrogen) atoms. The van der Waals surface area contributed by atoms with Crippen LogP contribution in [-0.4, -0.2) is 71.8 Å². The predicted molar refractivity (Wildman–Crippen MR) is 129 cm³/mol. The average Bonchev–Trinajstić information content (AvgIpc) is 3.29. The Balaban J connectivity index is 1.15. The van der Waals surface area contributed by atoms with Gasteiger partial charge >= 0.3 is 0 Å². The molecule has 3 fully saturated rings. The minimum absolute atomic E-state index is 0.137. The van der Waals surface area contributed by atoms with Gasteiger partial charge in [0.1, 0.15) is 0 Å². The maximum Gasteiger partial charge on any atom is 0.254 e. The van der Waals surface area contributed by atoms with Crippen LogP contribution in [0.4, 0.5) is 0 Å². The number of likely N-dealkylation sites (tertiary alicyclic amines) is 2. The van der Waals surface area contributed by atoms with Gasteiger partial charge in [-0.3, -0.25) is 9.59 Å². The molecule has 4 aliphatic rings. The number of nitrogens with zero attached hydrogens (tertiary/aromatic N) is 3. The maximum absolute atomic E-state index is 13.3. The Morgan fingerprint density at radius 2 is 1.64 bits per heavy atom. The highest BCUT2D eigenvalue weighted by atomic mass is 16.2. The summed E-state index contributed by atoms with van der Waals surface area (Å²) in [5.74, 6) is 1.25. The van der Waals surface area contributed by atoms with Crippen molar-refractivity contribution in [2.24, 2.45) is 5.92 Å². The summed E-state index contributed by atoms with van der Waals surface area (Å²) in [4.78, 5) is 32.6. The van der Waals surface area contributed by atoms with Crippen molar-refractivity contribution in [3.63, 3.8) is 0 Å². The summed E-state index contributed by atoms with van der Waals surface area (Å²) in [6, 6.07) is 14.6. The van der Waals surface area contributed by atoms with Gasteiger partial charge in [0.05, 0.1) is 0 Å². The molecule has 0 aromatic heterocycles. The lowest BCUT2D eigenvalue weighted by Crippen LogP contribution is -2.46. The minimum atomic E-state index is 0.137. The summed E-state index contributed by atoms with van der Waals surface area (Å²) in [7, 11) is 0. The molecule has 6 rings (SSSR count). The van der Waals surface area contributed by atoms with Gasteiger partial charge in [-0.2, -0.15) is 0 Å².